The number of amides is 1. The van der Waals surface area contributed by atoms with Crippen LogP contribution >= 0.6 is 0 Å². The van der Waals surface area contributed by atoms with Crippen LogP contribution in [0.3, 0.4) is 0 Å². The molecule has 7 heteroatoms. The molecular weight excluding hydrogens is 256 g/mol. The molecule has 0 aliphatic heterocycles. The highest BCUT2D eigenvalue weighted by Crippen LogP contribution is 2.16. The Bertz CT molecular complexity index is 261. The van der Waals surface area contributed by atoms with Gasteiger partial charge in [0.1, 0.15) is 5.54 Å². The molecule has 120 valence electrons. The minimum absolute atomic E-state index is 0.346. The van der Waals surface area contributed by atoms with Gasteiger partial charge in [0.05, 0.1) is 0 Å². The third kappa shape index (κ3) is 6.62. The van der Waals surface area contributed by atoms with Crippen LogP contribution in [-0.2, 0) is 4.79 Å². The van der Waals surface area contributed by atoms with E-state index in [-0.39, 0.29) is 6.04 Å². The van der Waals surface area contributed by atoms with E-state index < -0.39 is 11.4 Å². The molecule has 1 amide bonds. The van der Waals surface area contributed by atoms with E-state index in [9.17, 15) is 4.79 Å². The van der Waals surface area contributed by atoms with E-state index in [1.807, 2.05) is 6.92 Å². The third-order valence-corrected chi connectivity index (χ3v) is 3.52. The van der Waals surface area contributed by atoms with Crippen LogP contribution in [0.1, 0.15) is 32.6 Å². The van der Waals surface area contributed by atoms with Gasteiger partial charge in [-0.25, -0.2) is 0 Å². The van der Waals surface area contributed by atoms with E-state index in [0.717, 1.165) is 32.4 Å². The van der Waals surface area contributed by atoms with Crippen molar-refractivity contribution in [1.82, 2.24) is 10.6 Å². The Kier molecular flexibility index (Phi) is 10.6. The Morgan fingerprint density at radius 2 is 1.65 bits per heavy atom. The summed E-state index contributed by atoms with van der Waals surface area (Å²) in [6, 6.07) is -0.346. The summed E-state index contributed by atoms with van der Waals surface area (Å²) in [5.74, 6) is -0.397. The van der Waals surface area contributed by atoms with Gasteiger partial charge in [-0.2, -0.15) is 0 Å². The molecule has 0 saturated carbocycles. The summed E-state index contributed by atoms with van der Waals surface area (Å²) in [6.07, 6.45) is 3.17. The van der Waals surface area contributed by atoms with Crippen molar-refractivity contribution in [3.05, 3.63) is 0 Å². The minimum Gasteiger partial charge on any atom is -0.368 e. The summed E-state index contributed by atoms with van der Waals surface area (Å²) < 4.78 is 0. The second-order valence-electron chi connectivity index (χ2n) is 5.19. The summed E-state index contributed by atoms with van der Waals surface area (Å²) in [5.41, 5.74) is 21.6. The molecule has 0 rings (SSSR count). The number of nitrogens with two attached hydrogens (primary N) is 4. The first-order chi connectivity index (χ1) is 9.51. The van der Waals surface area contributed by atoms with Gasteiger partial charge in [-0.05, 0) is 65.3 Å². The van der Waals surface area contributed by atoms with Gasteiger partial charge in [-0.3, -0.25) is 4.79 Å². The van der Waals surface area contributed by atoms with E-state index in [2.05, 4.69) is 10.6 Å². The number of rotatable bonds is 13. The van der Waals surface area contributed by atoms with Crippen LogP contribution in [0, 0.1) is 0 Å². The van der Waals surface area contributed by atoms with E-state index in [4.69, 9.17) is 22.9 Å². The number of nitrogens with one attached hydrogen (secondary N) is 2. The highest BCUT2D eigenvalue weighted by atomic mass is 16.1. The van der Waals surface area contributed by atoms with Crippen molar-refractivity contribution >= 4 is 5.91 Å². The number of hydrogen-bond acceptors (Lipinski definition) is 6. The van der Waals surface area contributed by atoms with Crippen molar-refractivity contribution in [2.75, 3.05) is 32.7 Å². The van der Waals surface area contributed by atoms with Gasteiger partial charge in [-0.15, -0.1) is 0 Å². The molecule has 2 atom stereocenters. The zero-order valence-corrected chi connectivity index (χ0v) is 12.7. The Morgan fingerprint density at radius 1 is 1.10 bits per heavy atom. The van der Waals surface area contributed by atoms with Gasteiger partial charge in [-0.1, -0.05) is 0 Å². The maximum absolute atomic E-state index is 11.8. The Hall–Kier alpha value is -0.730. The second kappa shape index (κ2) is 11.0. The lowest BCUT2D eigenvalue weighted by Crippen LogP contribution is -2.65. The Labute approximate surface area is 122 Å². The predicted molar refractivity (Wildman–Crippen MR) is 83.0 cm³/mol. The van der Waals surface area contributed by atoms with E-state index in [1.54, 1.807) is 0 Å². The average molecular weight is 288 g/mol. The highest BCUT2D eigenvalue weighted by molar-refractivity contribution is 5.85. The van der Waals surface area contributed by atoms with Gasteiger partial charge in [0.2, 0.25) is 5.91 Å². The molecule has 0 saturated heterocycles. The molecule has 0 radical (unpaired) electrons. The van der Waals surface area contributed by atoms with Crippen molar-refractivity contribution in [3.63, 3.8) is 0 Å². The molecule has 0 aromatic heterocycles. The van der Waals surface area contributed by atoms with Gasteiger partial charge >= 0.3 is 0 Å². The van der Waals surface area contributed by atoms with E-state index >= 15 is 0 Å². The fraction of sp³-hybridized carbons (Fsp3) is 0.923. The average Bonchev–Trinajstić information content (AvgIpc) is 2.40. The van der Waals surface area contributed by atoms with Crippen LogP contribution in [0.15, 0.2) is 0 Å². The number of carbonyl (C=O) groups excluding carboxylic acids is 1. The molecular formula is C13H32N6O. The molecule has 0 aromatic carbocycles. The lowest BCUT2D eigenvalue weighted by atomic mass is 9.85. The quantitative estimate of drug-likeness (QED) is 0.221. The standard InChI is InChI=1S/C13H32N6O/c1-11(16)13(12(17)20,19-10-4-7-15)5-2-8-18-9-3-6-14/h11,18-19H,2-10,14-16H2,1H3,(H2,17,20). The summed E-state index contributed by atoms with van der Waals surface area (Å²) in [5, 5.41) is 6.49. The van der Waals surface area contributed by atoms with Gasteiger partial charge in [0, 0.05) is 6.04 Å². The Morgan fingerprint density at radius 3 is 2.15 bits per heavy atom. The lowest BCUT2D eigenvalue weighted by Gasteiger charge is -2.35. The fourth-order valence-electron chi connectivity index (χ4n) is 2.17. The van der Waals surface area contributed by atoms with Crippen molar-refractivity contribution in [3.8, 4) is 0 Å². The fourth-order valence-corrected chi connectivity index (χ4v) is 2.17. The first kappa shape index (κ1) is 19.3. The third-order valence-electron chi connectivity index (χ3n) is 3.52. The summed E-state index contributed by atoms with van der Waals surface area (Å²) in [4.78, 5) is 11.8. The summed E-state index contributed by atoms with van der Waals surface area (Å²) >= 11 is 0. The molecule has 2 unspecified atom stereocenters. The zero-order chi connectivity index (χ0) is 15.4. The molecule has 0 aliphatic carbocycles. The zero-order valence-electron chi connectivity index (χ0n) is 12.7. The van der Waals surface area contributed by atoms with Crippen LogP contribution in [-0.4, -0.2) is 50.2 Å². The van der Waals surface area contributed by atoms with Crippen molar-refractivity contribution in [2.24, 2.45) is 22.9 Å². The predicted octanol–water partition coefficient (Wildman–Crippen LogP) is -1.79. The number of primary amides is 1. The maximum Gasteiger partial charge on any atom is 0.239 e. The molecule has 20 heavy (non-hydrogen) atoms. The van der Waals surface area contributed by atoms with Crippen molar-refractivity contribution in [2.45, 2.75) is 44.2 Å². The SMILES string of the molecule is CC(N)C(CCCNCCCN)(NCCCN)C(N)=O. The Balaban J connectivity index is 4.33. The normalized spacial score (nSPS) is 15.8. The van der Waals surface area contributed by atoms with Gasteiger partial charge < -0.3 is 33.6 Å². The second-order valence-corrected chi connectivity index (χ2v) is 5.19. The van der Waals surface area contributed by atoms with Gasteiger partial charge in [0.15, 0.2) is 0 Å². The maximum atomic E-state index is 11.8. The van der Waals surface area contributed by atoms with Gasteiger partial charge in [0.25, 0.3) is 0 Å². The highest BCUT2D eigenvalue weighted by Gasteiger charge is 2.39. The smallest absolute Gasteiger partial charge is 0.239 e. The molecule has 10 N–H and O–H groups in total. The summed E-state index contributed by atoms with van der Waals surface area (Å²) in [7, 11) is 0. The monoisotopic (exact) mass is 288 g/mol. The van der Waals surface area contributed by atoms with Crippen molar-refractivity contribution < 1.29 is 4.79 Å². The molecule has 0 spiro atoms. The molecule has 0 fully saturated rings. The van der Waals surface area contributed by atoms with Crippen LogP contribution in [0.25, 0.3) is 0 Å². The number of carbonyl (C=O) groups is 1. The number of hydrogen-bond donors (Lipinski definition) is 6. The molecule has 0 heterocycles. The lowest BCUT2D eigenvalue weighted by molar-refractivity contribution is -0.125. The van der Waals surface area contributed by atoms with Crippen LogP contribution in [0.2, 0.25) is 0 Å². The van der Waals surface area contributed by atoms with Crippen molar-refractivity contribution in [1.29, 1.82) is 0 Å². The first-order valence-corrected chi connectivity index (χ1v) is 7.42. The summed E-state index contributed by atoms with van der Waals surface area (Å²) in [6.45, 7) is 5.41. The van der Waals surface area contributed by atoms with Crippen LogP contribution < -0.4 is 33.6 Å². The van der Waals surface area contributed by atoms with Crippen LogP contribution in [0.5, 0.6) is 0 Å². The van der Waals surface area contributed by atoms with Crippen LogP contribution in [0.4, 0.5) is 0 Å². The molecule has 0 aliphatic rings. The van der Waals surface area contributed by atoms with E-state index in [1.165, 1.54) is 0 Å². The molecule has 0 aromatic rings. The first-order valence-electron chi connectivity index (χ1n) is 7.42. The molecule has 7 nitrogen and oxygen atoms in total. The topological polar surface area (TPSA) is 145 Å². The minimum atomic E-state index is -0.856. The largest absolute Gasteiger partial charge is 0.368 e. The van der Waals surface area contributed by atoms with E-state index in [0.29, 0.717) is 26.1 Å². The molecule has 0 bridgehead atoms.